The van der Waals surface area contributed by atoms with Crippen molar-refractivity contribution in [1.29, 1.82) is 0 Å². The number of ether oxygens (including phenoxy) is 2. The van der Waals surface area contributed by atoms with Gasteiger partial charge < -0.3 is 20.1 Å². The summed E-state index contributed by atoms with van der Waals surface area (Å²) in [5.41, 5.74) is 1.10. The Balaban J connectivity index is 2.00. The summed E-state index contributed by atoms with van der Waals surface area (Å²) in [6.07, 6.45) is 1.34. The smallest absolute Gasteiger partial charge is 0.341 e. The first kappa shape index (κ1) is 19.9. The highest BCUT2D eigenvalue weighted by Gasteiger charge is 2.29. The third-order valence-corrected chi connectivity index (χ3v) is 5.28. The molecule has 0 bridgehead atoms. The molecule has 2 N–H and O–H groups in total. The van der Waals surface area contributed by atoms with Crippen LogP contribution in [0.25, 0.3) is 0 Å². The Bertz CT molecular complexity index is 727. The fraction of sp³-hybridized carbons (Fsp3) is 0.529. The van der Waals surface area contributed by atoms with Crippen molar-refractivity contribution in [2.24, 2.45) is 0 Å². The Morgan fingerprint density at radius 2 is 2.00 bits per heavy atom. The van der Waals surface area contributed by atoms with Crippen molar-refractivity contribution in [3.63, 3.8) is 0 Å². The molecule has 142 valence electrons. The van der Waals surface area contributed by atoms with Crippen molar-refractivity contribution in [2.45, 2.75) is 46.1 Å². The Morgan fingerprint density at radius 1 is 1.27 bits per heavy atom. The molecule has 0 spiro atoms. The molecule has 1 fully saturated rings. The quantitative estimate of drug-likeness (QED) is 0.693. The molecule has 0 aromatic carbocycles. The third-order valence-electron chi connectivity index (χ3n) is 3.92. The van der Waals surface area contributed by atoms with Gasteiger partial charge in [-0.05, 0) is 32.3 Å². The van der Waals surface area contributed by atoms with E-state index in [2.05, 4.69) is 10.6 Å². The van der Waals surface area contributed by atoms with E-state index in [0.717, 1.165) is 16.9 Å². The van der Waals surface area contributed by atoms with Gasteiger partial charge in [-0.2, -0.15) is 0 Å². The van der Waals surface area contributed by atoms with Crippen molar-refractivity contribution in [3.8, 4) is 0 Å². The Morgan fingerprint density at radius 3 is 2.58 bits per heavy atom. The molecule has 26 heavy (non-hydrogen) atoms. The van der Waals surface area contributed by atoms with E-state index in [4.69, 9.17) is 9.47 Å². The first-order chi connectivity index (χ1) is 12.4. The molecule has 1 aromatic rings. The van der Waals surface area contributed by atoms with E-state index in [-0.39, 0.29) is 18.9 Å². The van der Waals surface area contributed by atoms with Crippen LogP contribution in [0.5, 0.6) is 0 Å². The van der Waals surface area contributed by atoms with Gasteiger partial charge in [-0.15, -0.1) is 11.3 Å². The highest BCUT2D eigenvalue weighted by atomic mass is 32.1. The van der Waals surface area contributed by atoms with Crippen molar-refractivity contribution < 1.29 is 28.7 Å². The van der Waals surface area contributed by atoms with Crippen LogP contribution in [0.15, 0.2) is 0 Å². The van der Waals surface area contributed by atoms with E-state index in [9.17, 15) is 19.2 Å². The molecule has 1 saturated heterocycles. The van der Waals surface area contributed by atoms with Gasteiger partial charge in [0.1, 0.15) is 11.0 Å². The highest BCUT2D eigenvalue weighted by molar-refractivity contribution is 7.17. The lowest BCUT2D eigenvalue weighted by atomic mass is 10.1. The maximum Gasteiger partial charge on any atom is 0.341 e. The highest BCUT2D eigenvalue weighted by Crippen LogP contribution is 2.34. The minimum absolute atomic E-state index is 0.211. The van der Waals surface area contributed by atoms with Gasteiger partial charge >= 0.3 is 11.9 Å². The maximum absolute atomic E-state index is 12.2. The van der Waals surface area contributed by atoms with Gasteiger partial charge in [0.25, 0.3) is 5.91 Å². The standard InChI is InChI=1S/C17H22N2O6S/c1-4-11-9(3)14(17(23)24-5-2)15(26-11)19-13(21)8-25-16(22)10-6-7-12(20)18-10/h10H,4-8H2,1-3H3,(H,18,20)(H,19,21)/t10-/m1/s1. The molecular formula is C17H22N2O6S. The molecule has 0 unspecified atom stereocenters. The van der Waals surface area contributed by atoms with Gasteiger partial charge in [0.2, 0.25) is 5.91 Å². The normalized spacial score (nSPS) is 16.1. The number of carbonyl (C=O) groups excluding carboxylic acids is 4. The van der Waals surface area contributed by atoms with Gasteiger partial charge in [-0.1, -0.05) is 6.92 Å². The molecule has 0 radical (unpaired) electrons. The number of aryl methyl sites for hydroxylation is 1. The van der Waals surface area contributed by atoms with Gasteiger partial charge in [0.05, 0.1) is 12.2 Å². The predicted molar refractivity (Wildman–Crippen MR) is 95.1 cm³/mol. The van der Waals surface area contributed by atoms with Gasteiger partial charge in [-0.3, -0.25) is 9.59 Å². The Hall–Kier alpha value is -2.42. The van der Waals surface area contributed by atoms with Crippen LogP contribution < -0.4 is 10.6 Å². The SMILES string of the molecule is CCOC(=O)c1c(NC(=O)COC(=O)[C@H]2CCC(=O)N2)sc(CC)c1C. The van der Waals surface area contributed by atoms with E-state index >= 15 is 0 Å². The molecule has 1 atom stereocenters. The third kappa shape index (κ3) is 4.60. The Kier molecular flexibility index (Phi) is 6.73. The zero-order valence-electron chi connectivity index (χ0n) is 15.0. The number of nitrogens with one attached hydrogen (secondary N) is 2. The summed E-state index contributed by atoms with van der Waals surface area (Å²) in [7, 11) is 0. The topological polar surface area (TPSA) is 111 Å². The molecule has 0 aliphatic carbocycles. The second-order valence-corrected chi connectivity index (χ2v) is 6.85. The molecule has 8 nitrogen and oxygen atoms in total. The summed E-state index contributed by atoms with van der Waals surface area (Å²) >= 11 is 1.30. The first-order valence-corrected chi connectivity index (χ1v) is 9.24. The van der Waals surface area contributed by atoms with Gasteiger partial charge in [-0.25, -0.2) is 9.59 Å². The monoisotopic (exact) mass is 382 g/mol. The summed E-state index contributed by atoms with van der Waals surface area (Å²) in [5, 5.41) is 5.48. The van der Waals surface area contributed by atoms with Crippen molar-refractivity contribution >= 4 is 40.1 Å². The number of thiophene rings is 1. The second kappa shape index (κ2) is 8.79. The van der Waals surface area contributed by atoms with Crippen LogP contribution in [0.1, 0.15) is 47.5 Å². The van der Waals surface area contributed by atoms with Crippen LogP contribution in [0.2, 0.25) is 0 Å². The summed E-state index contributed by atoms with van der Waals surface area (Å²) in [6, 6.07) is -0.707. The summed E-state index contributed by atoms with van der Waals surface area (Å²) in [6.45, 7) is 5.20. The van der Waals surface area contributed by atoms with Crippen LogP contribution in [0.4, 0.5) is 5.00 Å². The van der Waals surface area contributed by atoms with Crippen molar-refractivity contribution in [1.82, 2.24) is 5.32 Å². The number of hydrogen-bond donors (Lipinski definition) is 2. The van der Waals surface area contributed by atoms with Crippen molar-refractivity contribution in [2.75, 3.05) is 18.5 Å². The lowest BCUT2D eigenvalue weighted by Crippen LogP contribution is -2.36. The van der Waals surface area contributed by atoms with Crippen LogP contribution in [-0.2, 0) is 30.3 Å². The summed E-state index contributed by atoms with van der Waals surface area (Å²) < 4.78 is 10.00. The number of anilines is 1. The number of rotatable bonds is 7. The summed E-state index contributed by atoms with van der Waals surface area (Å²) in [5.74, 6) is -1.91. The average molecular weight is 382 g/mol. The van der Waals surface area contributed by atoms with Crippen LogP contribution in [0, 0.1) is 6.92 Å². The fourth-order valence-electron chi connectivity index (χ4n) is 2.63. The lowest BCUT2D eigenvalue weighted by molar-refractivity contribution is -0.149. The van der Waals surface area contributed by atoms with Crippen molar-refractivity contribution in [3.05, 3.63) is 16.0 Å². The molecular weight excluding hydrogens is 360 g/mol. The maximum atomic E-state index is 12.2. The zero-order valence-corrected chi connectivity index (χ0v) is 15.8. The average Bonchev–Trinajstić information content (AvgIpc) is 3.16. The largest absolute Gasteiger partial charge is 0.462 e. The van der Waals surface area contributed by atoms with Crippen LogP contribution in [-0.4, -0.2) is 43.0 Å². The first-order valence-electron chi connectivity index (χ1n) is 8.42. The molecule has 2 heterocycles. The molecule has 1 aromatic heterocycles. The van der Waals surface area contributed by atoms with Gasteiger partial charge in [0, 0.05) is 11.3 Å². The molecule has 1 aliphatic heterocycles. The number of carbonyl (C=O) groups is 4. The number of hydrogen-bond acceptors (Lipinski definition) is 7. The Labute approximate surface area is 155 Å². The lowest BCUT2D eigenvalue weighted by Gasteiger charge is -2.10. The van der Waals surface area contributed by atoms with Crippen LogP contribution >= 0.6 is 11.3 Å². The predicted octanol–water partition coefficient (Wildman–Crippen LogP) is 1.56. The molecule has 1 aliphatic rings. The fourth-order valence-corrected chi connectivity index (χ4v) is 3.78. The minimum atomic E-state index is -0.707. The summed E-state index contributed by atoms with van der Waals surface area (Å²) in [4.78, 5) is 48.2. The molecule has 2 rings (SSSR count). The second-order valence-electron chi connectivity index (χ2n) is 5.74. The van der Waals surface area contributed by atoms with Crippen LogP contribution in [0.3, 0.4) is 0 Å². The van der Waals surface area contributed by atoms with E-state index in [1.165, 1.54) is 11.3 Å². The van der Waals surface area contributed by atoms with E-state index in [1.54, 1.807) is 13.8 Å². The van der Waals surface area contributed by atoms with E-state index in [1.807, 2.05) is 6.92 Å². The van der Waals surface area contributed by atoms with Gasteiger partial charge in [0.15, 0.2) is 6.61 Å². The number of esters is 2. The van der Waals surface area contributed by atoms with E-state index in [0.29, 0.717) is 17.0 Å². The minimum Gasteiger partial charge on any atom is -0.462 e. The molecule has 9 heteroatoms. The molecule has 2 amide bonds. The zero-order chi connectivity index (χ0) is 19.3. The number of amides is 2. The molecule has 0 saturated carbocycles. The van der Waals surface area contributed by atoms with E-state index < -0.39 is 30.5 Å².